The minimum atomic E-state index is -0.437. The Morgan fingerprint density at radius 3 is 2.89 bits per heavy atom. The summed E-state index contributed by atoms with van der Waals surface area (Å²) in [5.74, 6) is 0.323. The third-order valence-corrected chi connectivity index (χ3v) is 4.37. The fraction of sp³-hybridized carbons (Fsp3) is 0.692. The van der Waals surface area contributed by atoms with Crippen molar-refractivity contribution in [2.45, 2.75) is 45.1 Å². The molecule has 1 fully saturated rings. The SMILES string of the molecule is CC(C)(C)OC(=O)N1CCCC(c2csc(Br)n2)C1. The lowest BCUT2D eigenvalue weighted by molar-refractivity contribution is 0.0197. The maximum Gasteiger partial charge on any atom is 0.410 e. The maximum absolute atomic E-state index is 12.1. The molecule has 0 radical (unpaired) electrons. The maximum atomic E-state index is 12.1. The van der Waals surface area contributed by atoms with Gasteiger partial charge in [0.1, 0.15) is 5.60 Å². The number of thiazole rings is 1. The molecule has 0 bridgehead atoms. The highest BCUT2D eigenvalue weighted by Crippen LogP contribution is 2.30. The number of piperidine rings is 1. The van der Waals surface area contributed by atoms with Crippen LogP contribution in [0.1, 0.15) is 45.2 Å². The summed E-state index contributed by atoms with van der Waals surface area (Å²) >= 11 is 4.97. The van der Waals surface area contributed by atoms with Crippen molar-refractivity contribution in [1.82, 2.24) is 9.88 Å². The molecule has 1 aliphatic rings. The minimum absolute atomic E-state index is 0.216. The summed E-state index contributed by atoms with van der Waals surface area (Å²) in [7, 11) is 0. The van der Waals surface area contributed by atoms with Crippen molar-refractivity contribution in [2.24, 2.45) is 0 Å². The van der Waals surface area contributed by atoms with Gasteiger partial charge in [-0.2, -0.15) is 0 Å². The molecule has 2 heterocycles. The van der Waals surface area contributed by atoms with E-state index in [1.165, 1.54) is 0 Å². The highest BCUT2D eigenvalue weighted by molar-refractivity contribution is 9.11. The van der Waals surface area contributed by atoms with E-state index in [1.54, 1.807) is 16.2 Å². The molecule has 0 aliphatic carbocycles. The molecule has 1 saturated heterocycles. The predicted molar refractivity (Wildman–Crippen MR) is 79.6 cm³/mol. The Labute approximate surface area is 126 Å². The van der Waals surface area contributed by atoms with E-state index in [9.17, 15) is 4.79 Å². The van der Waals surface area contributed by atoms with E-state index in [4.69, 9.17) is 4.74 Å². The Kier molecular flexibility index (Phi) is 4.50. The number of carbonyl (C=O) groups excluding carboxylic acids is 1. The lowest BCUT2D eigenvalue weighted by Crippen LogP contribution is -2.42. The summed E-state index contributed by atoms with van der Waals surface area (Å²) in [4.78, 5) is 18.3. The zero-order chi connectivity index (χ0) is 14.0. The van der Waals surface area contributed by atoms with Gasteiger partial charge in [0.25, 0.3) is 0 Å². The standard InChI is InChI=1S/C13H19BrN2O2S/c1-13(2,3)18-12(17)16-6-4-5-9(7-16)10-8-19-11(14)15-10/h8-9H,4-7H2,1-3H3. The van der Waals surface area contributed by atoms with Crippen LogP contribution >= 0.6 is 27.3 Å². The number of hydrogen-bond donors (Lipinski definition) is 0. The zero-order valence-electron chi connectivity index (χ0n) is 11.5. The van der Waals surface area contributed by atoms with Crippen molar-refractivity contribution >= 4 is 33.4 Å². The lowest BCUT2D eigenvalue weighted by atomic mass is 9.96. The largest absolute Gasteiger partial charge is 0.444 e. The van der Waals surface area contributed by atoms with Crippen molar-refractivity contribution < 1.29 is 9.53 Å². The van der Waals surface area contributed by atoms with Gasteiger partial charge < -0.3 is 9.64 Å². The van der Waals surface area contributed by atoms with Crippen LogP contribution in [0, 0.1) is 0 Å². The summed E-state index contributed by atoms with van der Waals surface area (Å²) in [5.41, 5.74) is 0.637. The van der Waals surface area contributed by atoms with Crippen LogP contribution in [-0.2, 0) is 4.74 Å². The van der Waals surface area contributed by atoms with E-state index in [2.05, 4.69) is 26.3 Å². The number of likely N-dealkylation sites (tertiary alicyclic amines) is 1. The minimum Gasteiger partial charge on any atom is -0.444 e. The molecule has 1 amide bonds. The van der Waals surface area contributed by atoms with Gasteiger partial charge >= 0.3 is 6.09 Å². The average Bonchev–Trinajstić information content (AvgIpc) is 2.74. The van der Waals surface area contributed by atoms with Gasteiger partial charge in [-0.05, 0) is 49.5 Å². The van der Waals surface area contributed by atoms with Crippen molar-refractivity contribution in [1.29, 1.82) is 0 Å². The number of rotatable bonds is 1. The molecule has 1 aromatic rings. The first kappa shape index (κ1) is 14.8. The first-order valence-electron chi connectivity index (χ1n) is 6.44. The second-order valence-corrected chi connectivity index (χ2v) is 7.92. The normalized spacial score (nSPS) is 20.4. The monoisotopic (exact) mass is 346 g/mol. The van der Waals surface area contributed by atoms with Gasteiger partial charge in [0.15, 0.2) is 3.92 Å². The molecule has 0 N–H and O–H groups in total. The van der Waals surface area contributed by atoms with Crippen LogP contribution in [0.4, 0.5) is 4.79 Å². The van der Waals surface area contributed by atoms with Gasteiger partial charge in [0.05, 0.1) is 5.69 Å². The van der Waals surface area contributed by atoms with Gasteiger partial charge in [0, 0.05) is 24.4 Å². The Morgan fingerprint density at radius 2 is 2.32 bits per heavy atom. The lowest BCUT2D eigenvalue weighted by Gasteiger charge is -2.33. The Morgan fingerprint density at radius 1 is 1.58 bits per heavy atom. The molecule has 19 heavy (non-hydrogen) atoms. The predicted octanol–water partition coefficient (Wildman–Crippen LogP) is 4.02. The molecule has 106 valence electrons. The molecule has 0 aromatic carbocycles. The molecule has 6 heteroatoms. The fourth-order valence-corrected chi connectivity index (χ4v) is 3.27. The van der Waals surface area contributed by atoms with Gasteiger partial charge in [-0.1, -0.05) is 0 Å². The number of carbonyl (C=O) groups is 1. The van der Waals surface area contributed by atoms with Crippen LogP contribution in [0.3, 0.4) is 0 Å². The summed E-state index contributed by atoms with van der Waals surface area (Å²) in [6.07, 6.45) is 1.86. The van der Waals surface area contributed by atoms with Gasteiger partial charge in [-0.3, -0.25) is 0 Å². The number of amides is 1. The fourth-order valence-electron chi connectivity index (χ4n) is 2.16. The van der Waals surface area contributed by atoms with Gasteiger partial charge in [-0.25, -0.2) is 9.78 Å². The van der Waals surface area contributed by atoms with E-state index in [-0.39, 0.29) is 6.09 Å². The number of aromatic nitrogens is 1. The number of ether oxygens (including phenoxy) is 1. The van der Waals surface area contributed by atoms with Crippen molar-refractivity contribution in [3.8, 4) is 0 Å². The first-order chi connectivity index (χ1) is 8.85. The van der Waals surface area contributed by atoms with Gasteiger partial charge in [-0.15, -0.1) is 11.3 Å². The van der Waals surface area contributed by atoms with Crippen LogP contribution < -0.4 is 0 Å². The van der Waals surface area contributed by atoms with Crippen molar-refractivity contribution in [3.63, 3.8) is 0 Å². The third kappa shape index (κ3) is 4.18. The number of nitrogens with zero attached hydrogens (tertiary/aromatic N) is 2. The topological polar surface area (TPSA) is 42.4 Å². The molecular weight excluding hydrogens is 328 g/mol. The summed E-state index contributed by atoms with van der Waals surface area (Å²) in [5, 5.41) is 2.06. The highest BCUT2D eigenvalue weighted by atomic mass is 79.9. The number of hydrogen-bond acceptors (Lipinski definition) is 4. The van der Waals surface area contributed by atoms with E-state index >= 15 is 0 Å². The molecule has 2 rings (SSSR count). The van der Waals surface area contributed by atoms with E-state index in [0.29, 0.717) is 12.5 Å². The molecule has 1 unspecified atom stereocenters. The third-order valence-electron chi connectivity index (χ3n) is 2.99. The number of halogens is 1. The summed E-state index contributed by atoms with van der Waals surface area (Å²) < 4.78 is 6.33. The second kappa shape index (κ2) is 5.79. The highest BCUT2D eigenvalue weighted by Gasteiger charge is 2.29. The molecule has 0 saturated carbocycles. The van der Waals surface area contributed by atoms with Crippen molar-refractivity contribution in [3.05, 3.63) is 15.0 Å². The second-order valence-electron chi connectivity index (χ2n) is 5.79. The van der Waals surface area contributed by atoms with Gasteiger partial charge in [0.2, 0.25) is 0 Å². The Balaban J connectivity index is 1.99. The molecule has 1 aliphatic heterocycles. The van der Waals surface area contributed by atoms with Crippen LogP contribution in [0.5, 0.6) is 0 Å². The molecule has 1 atom stereocenters. The van der Waals surface area contributed by atoms with Crippen molar-refractivity contribution in [2.75, 3.05) is 13.1 Å². The molecule has 1 aromatic heterocycles. The van der Waals surface area contributed by atoms with Crippen LogP contribution in [0.25, 0.3) is 0 Å². The van der Waals surface area contributed by atoms with Crippen LogP contribution in [0.2, 0.25) is 0 Å². The summed E-state index contributed by atoms with van der Waals surface area (Å²) in [6.45, 7) is 7.15. The van der Waals surface area contributed by atoms with Crippen LogP contribution in [-0.4, -0.2) is 34.7 Å². The van der Waals surface area contributed by atoms with E-state index in [1.807, 2.05) is 20.8 Å². The first-order valence-corrected chi connectivity index (χ1v) is 8.11. The molecule has 0 spiro atoms. The summed E-state index contributed by atoms with van der Waals surface area (Å²) in [6, 6.07) is 0. The van der Waals surface area contributed by atoms with E-state index < -0.39 is 5.60 Å². The smallest absolute Gasteiger partial charge is 0.410 e. The Hall–Kier alpha value is -0.620. The van der Waals surface area contributed by atoms with Crippen LogP contribution in [0.15, 0.2) is 9.30 Å². The average molecular weight is 347 g/mol. The molecule has 4 nitrogen and oxygen atoms in total. The quantitative estimate of drug-likeness (QED) is 0.771. The Bertz CT molecular complexity index is 456. The molecular formula is C13H19BrN2O2S. The van der Waals surface area contributed by atoms with E-state index in [0.717, 1.165) is 29.0 Å². The zero-order valence-corrected chi connectivity index (χ0v) is 13.9.